The van der Waals surface area contributed by atoms with E-state index in [2.05, 4.69) is 56.4 Å². The molecule has 164 valence electrons. The van der Waals surface area contributed by atoms with Crippen molar-refractivity contribution in [3.05, 3.63) is 58.5 Å². The number of imide groups is 1. The highest BCUT2D eigenvalue weighted by atomic mass is 127. The van der Waals surface area contributed by atoms with Gasteiger partial charge >= 0.3 is 0 Å². The van der Waals surface area contributed by atoms with Crippen molar-refractivity contribution in [2.24, 2.45) is 0 Å². The Labute approximate surface area is 221 Å². The van der Waals surface area contributed by atoms with Gasteiger partial charge in [-0.15, -0.1) is 6.42 Å². The standard InChI is InChI=1S/C22H15ClI2N2O4S/c1-3-6-31-20-16(24)7-13(8-17(20)25)9-18-21(29)27(22(30)32-18)11-19(28)26-14-5-4-12(2)15(23)10-14/h1,4-5,7-10H,6,11H2,2H3,(H,26,28)/b18-9-. The van der Waals surface area contributed by atoms with Crippen LogP contribution in [0.1, 0.15) is 11.1 Å². The zero-order valence-electron chi connectivity index (χ0n) is 16.6. The van der Waals surface area contributed by atoms with E-state index in [0.29, 0.717) is 16.5 Å². The Morgan fingerprint density at radius 3 is 2.59 bits per heavy atom. The van der Waals surface area contributed by atoms with E-state index in [0.717, 1.165) is 34.9 Å². The van der Waals surface area contributed by atoms with Crippen LogP contribution in [-0.2, 0) is 9.59 Å². The topological polar surface area (TPSA) is 75.7 Å². The Balaban J connectivity index is 1.72. The first kappa shape index (κ1) is 24.9. The van der Waals surface area contributed by atoms with Crippen LogP contribution in [0.25, 0.3) is 6.08 Å². The van der Waals surface area contributed by atoms with Crippen molar-refractivity contribution in [3.8, 4) is 18.1 Å². The van der Waals surface area contributed by atoms with Crippen LogP contribution in [0, 0.1) is 26.4 Å². The highest BCUT2D eigenvalue weighted by Crippen LogP contribution is 2.34. The predicted molar refractivity (Wildman–Crippen MR) is 144 cm³/mol. The van der Waals surface area contributed by atoms with Gasteiger partial charge in [-0.1, -0.05) is 23.6 Å². The molecule has 3 amide bonds. The number of nitrogens with one attached hydrogen (secondary N) is 1. The van der Waals surface area contributed by atoms with Crippen LogP contribution in [0.3, 0.4) is 0 Å². The summed E-state index contributed by atoms with van der Waals surface area (Å²) in [5.41, 5.74) is 2.10. The number of thioether (sulfide) groups is 1. The van der Waals surface area contributed by atoms with Crippen molar-refractivity contribution in [2.75, 3.05) is 18.5 Å². The van der Waals surface area contributed by atoms with Crippen molar-refractivity contribution >= 4 is 97.4 Å². The number of aryl methyl sites for hydroxylation is 1. The molecule has 2 aromatic carbocycles. The molecule has 0 bridgehead atoms. The molecule has 6 nitrogen and oxygen atoms in total. The Kier molecular flexibility index (Phi) is 8.49. The fraction of sp³-hybridized carbons (Fsp3) is 0.136. The average Bonchev–Trinajstić information content (AvgIpc) is 2.97. The van der Waals surface area contributed by atoms with E-state index in [1.54, 1.807) is 24.3 Å². The third-order valence-electron chi connectivity index (χ3n) is 4.25. The molecular weight excluding hydrogens is 678 g/mol. The van der Waals surface area contributed by atoms with Crippen LogP contribution in [0.4, 0.5) is 10.5 Å². The highest BCUT2D eigenvalue weighted by molar-refractivity contribution is 14.1. The molecule has 2 aromatic rings. The molecule has 32 heavy (non-hydrogen) atoms. The summed E-state index contributed by atoms with van der Waals surface area (Å²) in [4.78, 5) is 38.6. The van der Waals surface area contributed by atoms with E-state index >= 15 is 0 Å². The number of benzene rings is 2. The van der Waals surface area contributed by atoms with Gasteiger partial charge in [0.2, 0.25) is 5.91 Å². The number of halogens is 3. The number of rotatable bonds is 6. The first-order valence-electron chi connectivity index (χ1n) is 9.06. The molecule has 1 saturated heterocycles. The molecule has 1 heterocycles. The Bertz CT molecular complexity index is 1170. The molecule has 0 radical (unpaired) electrons. The maximum Gasteiger partial charge on any atom is 0.294 e. The molecular formula is C22H15ClI2N2O4S. The Morgan fingerprint density at radius 2 is 1.97 bits per heavy atom. The summed E-state index contributed by atoms with van der Waals surface area (Å²) in [6.07, 6.45) is 6.87. The number of amides is 3. The second kappa shape index (κ2) is 10.9. The lowest BCUT2D eigenvalue weighted by molar-refractivity contribution is -0.127. The highest BCUT2D eigenvalue weighted by Gasteiger charge is 2.36. The minimum absolute atomic E-state index is 0.154. The maximum absolute atomic E-state index is 12.7. The summed E-state index contributed by atoms with van der Waals surface area (Å²) in [5.74, 6) is 2.08. The largest absolute Gasteiger partial charge is 0.479 e. The van der Waals surface area contributed by atoms with Gasteiger partial charge in [0.1, 0.15) is 18.9 Å². The molecule has 1 fully saturated rings. The van der Waals surface area contributed by atoms with E-state index in [4.69, 9.17) is 22.8 Å². The molecule has 0 aromatic heterocycles. The lowest BCUT2D eigenvalue weighted by Crippen LogP contribution is -2.36. The normalized spacial score (nSPS) is 14.6. The second-order valence-electron chi connectivity index (χ2n) is 6.59. The number of carbonyl (C=O) groups is 3. The predicted octanol–water partition coefficient (Wildman–Crippen LogP) is 5.54. The van der Waals surface area contributed by atoms with Crippen LogP contribution in [0.15, 0.2) is 35.2 Å². The van der Waals surface area contributed by atoms with Gasteiger partial charge in [0, 0.05) is 10.7 Å². The quantitative estimate of drug-likeness (QED) is 0.245. The minimum atomic E-state index is -0.519. The van der Waals surface area contributed by atoms with Crippen molar-refractivity contribution < 1.29 is 19.1 Å². The lowest BCUT2D eigenvalue weighted by Gasteiger charge is -2.13. The molecule has 0 aliphatic carbocycles. The number of nitrogens with zero attached hydrogens (tertiary/aromatic N) is 1. The van der Waals surface area contributed by atoms with Gasteiger partial charge in [0.05, 0.1) is 12.0 Å². The molecule has 1 aliphatic rings. The van der Waals surface area contributed by atoms with Crippen LogP contribution in [0.2, 0.25) is 5.02 Å². The van der Waals surface area contributed by atoms with E-state index in [1.807, 2.05) is 19.1 Å². The van der Waals surface area contributed by atoms with Crippen LogP contribution >= 0.6 is 68.5 Å². The molecule has 0 saturated carbocycles. The van der Waals surface area contributed by atoms with Gasteiger partial charge in [-0.3, -0.25) is 19.3 Å². The van der Waals surface area contributed by atoms with E-state index in [9.17, 15) is 14.4 Å². The smallest absolute Gasteiger partial charge is 0.294 e. The fourth-order valence-corrected chi connectivity index (χ4v) is 5.86. The van der Waals surface area contributed by atoms with E-state index < -0.39 is 17.1 Å². The van der Waals surface area contributed by atoms with Gasteiger partial charge in [0.15, 0.2) is 0 Å². The number of hydrogen-bond donors (Lipinski definition) is 1. The first-order chi connectivity index (χ1) is 15.2. The van der Waals surface area contributed by atoms with Crippen molar-refractivity contribution in [1.82, 2.24) is 4.90 Å². The van der Waals surface area contributed by atoms with E-state index in [1.165, 1.54) is 0 Å². The molecule has 10 heteroatoms. The van der Waals surface area contributed by atoms with Gasteiger partial charge in [-0.25, -0.2) is 0 Å². The second-order valence-corrected chi connectivity index (χ2v) is 10.3. The van der Waals surface area contributed by atoms with Crippen LogP contribution in [-0.4, -0.2) is 35.1 Å². The first-order valence-corrected chi connectivity index (χ1v) is 12.4. The molecule has 0 atom stereocenters. The third kappa shape index (κ3) is 5.98. The molecule has 3 rings (SSSR count). The number of ether oxygens (including phenoxy) is 1. The number of terminal acetylenes is 1. The van der Waals surface area contributed by atoms with Crippen molar-refractivity contribution in [3.63, 3.8) is 0 Å². The van der Waals surface area contributed by atoms with Gasteiger partial charge in [-0.2, -0.15) is 0 Å². The Morgan fingerprint density at radius 1 is 1.28 bits per heavy atom. The molecule has 1 aliphatic heterocycles. The third-order valence-corrected chi connectivity index (χ3v) is 7.17. The Hall–Kier alpha value is -1.75. The summed E-state index contributed by atoms with van der Waals surface area (Å²) >= 11 is 11.1. The van der Waals surface area contributed by atoms with Gasteiger partial charge in [0.25, 0.3) is 11.1 Å². The number of hydrogen-bond acceptors (Lipinski definition) is 5. The van der Waals surface area contributed by atoms with Gasteiger partial charge in [-0.05, 0) is 105 Å². The lowest BCUT2D eigenvalue weighted by atomic mass is 10.2. The van der Waals surface area contributed by atoms with Crippen molar-refractivity contribution in [1.29, 1.82) is 0 Å². The number of carbonyl (C=O) groups excluding carboxylic acids is 3. The summed E-state index contributed by atoms with van der Waals surface area (Å²) in [7, 11) is 0. The summed E-state index contributed by atoms with van der Waals surface area (Å²) in [6.45, 7) is 1.61. The summed E-state index contributed by atoms with van der Waals surface area (Å²) < 4.78 is 7.20. The van der Waals surface area contributed by atoms with Crippen LogP contribution < -0.4 is 10.1 Å². The van der Waals surface area contributed by atoms with E-state index in [-0.39, 0.29) is 18.1 Å². The zero-order valence-corrected chi connectivity index (χ0v) is 22.5. The monoisotopic (exact) mass is 692 g/mol. The zero-order chi connectivity index (χ0) is 23.4. The SMILES string of the molecule is C#CCOc1c(I)cc(/C=C2\SC(=O)N(CC(=O)Nc3ccc(C)c(Cl)c3)C2=O)cc1I. The number of anilines is 1. The van der Waals surface area contributed by atoms with Gasteiger partial charge < -0.3 is 10.1 Å². The summed E-state index contributed by atoms with van der Waals surface area (Å²) in [6, 6.07) is 8.74. The fourth-order valence-electron chi connectivity index (χ4n) is 2.72. The maximum atomic E-state index is 12.7. The van der Waals surface area contributed by atoms with Crippen molar-refractivity contribution in [2.45, 2.75) is 6.92 Å². The average molecular weight is 693 g/mol. The van der Waals surface area contributed by atoms with Crippen LogP contribution in [0.5, 0.6) is 5.75 Å². The summed E-state index contributed by atoms with van der Waals surface area (Å²) in [5, 5.41) is 2.66. The molecule has 1 N–H and O–H groups in total. The molecule has 0 unspecified atom stereocenters. The molecule has 0 spiro atoms. The minimum Gasteiger partial charge on any atom is -0.479 e.